The van der Waals surface area contributed by atoms with Crippen molar-refractivity contribution in [1.29, 1.82) is 0 Å². The molecule has 1 heterocycles. The minimum absolute atomic E-state index is 0.175. The molecule has 3 rings (SSSR count). The van der Waals surface area contributed by atoms with E-state index < -0.39 is 0 Å². The Kier molecular flexibility index (Phi) is 6.09. The maximum Gasteiger partial charge on any atom is 0.234 e. The highest BCUT2D eigenvalue weighted by atomic mass is 35.5. The van der Waals surface area contributed by atoms with E-state index in [0.717, 1.165) is 5.56 Å². The average molecular weight is 428 g/mol. The zero-order valence-corrected chi connectivity index (χ0v) is 16.6. The maximum absolute atomic E-state index is 12.1. The number of nitrogens with zero attached hydrogens (tertiary/aromatic N) is 3. The lowest BCUT2D eigenvalue weighted by atomic mass is 10.2. The number of amides is 1. The van der Waals surface area contributed by atoms with Gasteiger partial charge in [0.05, 0.1) is 20.8 Å². The van der Waals surface area contributed by atoms with E-state index in [1.54, 1.807) is 28.8 Å². The van der Waals surface area contributed by atoms with Crippen molar-refractivity contribution in [3.8, 4) is 11.4 Å². The fourth-order valence-electron chi connectivity index (χ4n) is 2.22. The smallest absolute Gasteiger partial charge is 0.234 e. The number of halogens is 3. The highest BCUT2D eigenvalue weighted by Gasteiger charge is 2.15. The lowest BCUT2D eigenvalue weighted by Gasteiger charge is -2.07. The van der Waals surface area contributed by atoms with Gasteiger partial charge in [0.25, 0.3) is 0 Å². The van der Waals surface area contributed by atoms with Crippen LogP contribution in [0.2, 0.25) is 15.1 Å². The van der Waals surface area contributed by atoms with Gasteiger partial charge in [0, 0.05) is 18.3 Å². The highest BCUT2D eigenvalue weighted by Crippen LogP contribution is 2.28. The van der Waals surface area contributed by atoms with E-state index in [2.05, 4.69) is 15.5 Å². The summed E-state index contributed by atoms with van der Waals surface area (Å²) in [6.07, 6.45) is 0. The number of thioether (sulfide) groups is 1. The van der Waals surface area contributed by atoms with Crippen LogP contribution < -0.4 is 5.32 Å². The lowest BCUT2D eigenvalue weighted by molar-refractivity contribution is -0.113. The monoisotopic (exact) mass is 426 g/mol. The molecule has 0 atom stereocenters. The minimum atomic E-state index is -0.185. The van der Waals surface area contributed by atoms with Gasteiger partial charge in [-0.3, -0.25) is 4.79 Å². The zero-order valence-electron chi connectivity index (χ0n) is 13.5. The third kappa shape index (κ3) is 4.32. The molecule has 134 valence electrons. The molecule has 1 aromatic heterocycles. The molecule has 2 aromatic carbocycles. The van der Waals surface area contributed by atoms with Crippen LogP contribution in [0.15, 0.2) is 47.6 Å². The average Bonchev–Trinajstić information content (AvgIpc) is 2.97. The fraction of sp³-hybridized carbons (Fsp3) is 0.118. The Balaban J connectivity index is 1.66. The molecule has 0 bridgehead atoms. The highest BCUT2D eigenvalue weighted by molar-refractivity contribution is 7.99. The van der Waals surface area contributed by atoms with Gasteiger partial charge in [-0.2, -0.15) is 0 Å². The lowest BCUT2D eigenvalue weighted by Crippen LogP contribution is -2.14. The fourth-order valence-corrected chi connectivity index (χ4v) is 3.45. The van der Waals surface area contributed by atoms with Gasteiger partial charge in [-0.05, 0) is 30.3 Å². The van der Waals surface area contributed by atoms with E-state index in [1.807, 2.05) is 25.2 Å². The molecule has 0 radical (unpaired) electrons. The van der Waals surface area contributed by atoms with Crippen molar-refractivity contribution in [3.05, 3.63) is 57.5 Å². The van der Waals surface area contributed by atoms with Crippen molar-refractivity contribution in [3.63, 3.8) is 0 Å². The van der Waals surface area contributed by atoms with Crippen molar-refractivity contribution in [1.82, 2.24) is 14.8 Å². The second kappa shape index (κ2) is 8.31. The first-order valence-electron chi connectivity index (χ1n) is 7.47. The van der Waals surface area contributed by atoms with Crippen molar-refractivity contribution in [2.45, 2.75) is 5.16 Å². The number of benzene rings is 2. The van der Waals surface area contributed by atoms with Gasteiger partial charge in [-0.1, -0.05) is 58.7 Å². The number of hydrogen-bond donors (Lipinski definition) is 1. The quantitative estimate of drug-likeness (QED) is 0.570. The topological polar surface area (TPSA) is 59.8 Å². The molecule has 0 fully saturated rings. The zero-order chi connectivity index (χ0) is 18.7. The number of carbonyl (C=O) groups excluding carboxylic acids is 1. The summed E-state index contributed by atoms with van der Waals surface area (Å²) in [6, 6.07) is 12.3. The molecule has 1 N–H and O–H groups in total. The Hall–Kier alpha value is -1.73. The van der Waals surface area contributed by atoms with Crippen LogP contribution in [0, 0.1) is 0 Å². The van der Waals surface area contributed by atoms with Crippen molar-refractivity contribution >= 4 is 58.2 Å². The van der Waals surface area contributed by atoms with Gasteiger partial charge in [-0.15, -0.1) is 10.2 Å². The van der Waals surface area contributed by atoms with Crippen LogP contribution in [0.25, 0.3) is 11.4 Å². The summed E-state index contributed by atoms with van der Waals surface area (Å²) in [6.45, 7) is 0. The molecule has 26 heavy (non-hydrogen) atoms. The summed E-state index contributed by atoms with van der Waals surface area (Å²) < 4.78 is 1.80. The molecule has 3 aromatic rings. The second-order valence-corrected chi connectivity index (χ2v) is 7.47. The van der Waals surface area contributed by atoms with Crippen molar-refractivity contribution in [2.75, 3.05) is 11.1 Å². The summed E-state index contributed by atoms with van der Waals surface area (Å²) in [5.74, 6) is 0.632. The SMILES string of the molecule is Cn1c(SCC(=O)Nc2ccc(Cl)c(Cl)c2)nnc1-c1ccccc1Cl. The van der Waals surface area contributed by atoms with Crippen LogP contribution >= 0.6 is 46.6 Å². The van der Waals surface area contributed by atoms with Crippen LogP contribution in [-0.4, -0.2) is 26.4 Å². The van der Waals surface area contributed by atoms with E-state index in [1.165, 1.54) is 11.8 Å². The summed E-state index contributed by atoms with van der Waals surface area (Å²) in [7, 11) is 1.83. The van der Waals surface area contributed by atoms with Crippen molar-refractivity contribution < 1.29 is 4.79 Å². The minimum Gasteiger partial charge on any atom is -0.325 e. The van der Waals surface area contributed by atoms with Gasteiger partial charge in [0.15, 0.2) is 11.0 Å². The Morgan fingerprint density at radius 3 is 2.58 bits per heavy atom. The molecule has 0 aliphatic carbocycles. The Morgan fingerprint density at radius 2 is 1.85 bits per heavy atom. The second-order valence-electron chi connectivity index (χ2n) is 5.31. The molecular weight excluding hydrogens is 415 g/mol. The predicted octanol–water partition coefficient (Wildman–Crippen LogP) is 5.17. The van der Waals surface area contributed by atoms with Crippen LogP contribution in [0.3, 0.4) is 0 Å². The molecule has 0 saturated heterocycles. The third-order valence-corrected chi connectivity index (χ3v) is 5.57. The summed E-state index contributed by atoms with van der Waals surface area (Å²) >= 11 is 19.3. The summed E-state index contributed by atoms with van der Waals surface area (Å²) in [4.78, 5) is 12.1. The maximum atomic E-state index is 12.1. The molecule has 5 nitrogen and oxygen atoms in total. The Morgan fingerprint density at radius 1 is 1.08 bits per heavy atom. The molecule has 1 amide bonds. The van der Waals surface area contributed by atoms with Gasteiger partial charge >= 0.3 is 0 Å². The van der Waals surface area contributed by atoms with Crippen LogP contribution in [0.5, 0.6) is 0 Å². The third-order valence-electron chi connectivity index (χ3n) is 3.49. The molecule has 9 heteroatoms. The molecule has 0 saturated carbocycles. The van der Waals surface area contributed by atoms with Crippen LogP contribution in [-0.2, 0) is 11.8 Å². The van der Waals surface area contributed by atoms with Gasteiger partial charge in [0.1, 0.15) is 0 Å². The molecule has 0 unspecified atom stereocenters. The van der Waals surface area contributed by atoms with Crippen LogP contribution in [0.4, 0.5) is 5.69 Å². The van der Waals surface area contributed by atoms with Crippen molar-refractivity contribution in [2.24, 2.45) is 7.05 Å². The molecular formula is C17H13Cl3N4OS. The largest absolute Gasteiger partial charge is 0.325 e. The van der Waals surface area contributed by atoms with E-state index >= 15 is 0 Å². The molecule has 0 spiro atoms. The van der Waals surface area contributed by atoms with Gasteiger partial charge in [0.2, 0.25) is 5.91 Å². The number of rotatable bonds is 5. The molecule has 0 aliphatic rings. The molecule has 0 aliphatic heterocycles. The summed E-state index contributed by atoms with van der Waals surface area (Å²) in [5.41, 5.74) is 1.37. The normalized spacial score (nSPS) is 10.8. The number of hydrogen-bond acceptors (Lipinski definition) is 4. The Bertz CT molecular complexity index is 961. The first kappa shape index (κ1) is 19.0. The standard InChI is InChI=1S/C17H13Cl3N4OS/c1-24-16(11-4-2-3-5-12(11)18)22-23-17(24)26-9-15(25)21-10-6-7-13(19)14(20)8-10/h2-8H,9H2,1H3,(H,21,25). The van der Waals surface area contributed by atoms with Crippen LogP contribution in [0.1, 0.15) is 0 Å². The van der Waals surface area contributed by atoms with E-state index in [0.29, 0.717) is 31.7 Å². The first-order valence-corrected chi connectivity index (χ1v) is 9.59. The van der Waals surface area contributed by atoms with E-state index in [-0.39, 0.29) is 11.7 Å². The van der Waals surface area contributed by atoms with E-state index in [9.17, 15) is 4.79 Å². The first-order chi connectivity index (χ1) is 12.5. The summed E-state index contributed by atoms with van der Waals surface area (Å²) in [5, 5.41) is 13.1. The number of carbonyl (C=O) groups is 1. The number of aromatic nitrogens is 3. The number of nitrogens with one attached hydrogen (secondary N) is 1. The van der Waals surface area contributed by atoms with E-state index in [4.69, 9.17) is 34.8 Å². The Labute approximate surface area is 169 Å². The predicted molar refractivity (Wildman–Crippen MR) is 107 cm³/mol. The number of anilines is 1. The van der Waals surface area contributed by atoms with Gasteiger partial charge in [-0.25, -0.2) is 0 Å². The van der Waals surface area contributed by atoms with Gasteiger partial charge < -0.3 is 9.88 Å².